The highest BCUT2D eigenvalue weighted by Crippen LogP contribution is 2.43. The molecule has 1 saturated heterocycles. The SMILES string of the molecule is COC(=O)Nc1nc2ccc(C3(O)c4ccccc4C(=O)N3CC3CCCN3)cc2[nH]1. The van der Waals surface area contributed by atoms with Gasteiger partial charge in [0.2, 0.25) is 5.95 Å². The summed E-state index contributed by atoms with van der Waals surface area (Å²) in [5.41, 5.74) is 1.23. The van der Waals surface area contributed by atoms with E-state index in [1.54, 1.807) is 41.3 Å². The summed E-state index contributed by atoms with van der Waals surface area (Å²) in [7, 11) is 1.27. The third-order valence-electron chi connectivity index (χ3n) is 6.02. The fourth-order valence-electron chi connectivity index (χ4n) is 4.50. The summed E-state index contributed by atoms with van der Waals surface area (Å²) in [6.45, 7) is 1.31. The Labute approximate surface area is 178 Å². The average molecular weight is 421 g/mol. The van der Waals surface area contributed by atoms with E-state index in [2.05, 4.69) is 25.3 Å². The highest BCUT2D eigenvalue weighted by molar-refractivity contribution is 6.00. The van der Waals surface area contributed by atoms with Gasteiger partial charge in [0.15, 0.2) is 5.72 Å². The summed E-state index contributed by atoms with van der Waals surface area (Å²) in [5.74, 6) is 0.0467. The summed E-state index contributed by atoms with van der Waals surface area (Å²) in [6, 6.07) is 12.6. The highest BCUT2D eigenvalue weighted by Gasteiger charge is 2.50. The number of nitrogens with zero attached hydrogens (tertiary/aromatic N) is 2. The monoisotopic (exact) mass is 421 g/mol. The topological polar surface area (TPSA) is 120 Å². The molecule has 1 aromatic heterocycles. The molecular weight excluding hydrogens is 398 g/mol. The lowest BCUT2D eigenvalue weighted by Gasteiger charge is -2.36. The summed E-state index contributed by atoms with van der Waals surface area (Å²) >= 11 is 0. The molecule has 2 amide bonds. The molecule has 0 radical (unpaired) electrons. The lowest BCUT2D eigenvalue weighted by Crippen LogP contribution is -2.49. The van der Waals surface area contributed by atoms with Gasteiger partial charge in [0, 0.05) is 29.3 Å². The van der Waals surface area contributed by atoms with Crippen molar-refractivity contribution in [1.29, 1.82) is 0 Å². The number of amides is 2. The number of nitrogens with one attached hydrogen (secondary N) is 3. The second-order valence-corrected chi connectivity index (χ2v) is 7.86. The maximum absolute atomic E-state index is 13.3. The van der Waals surface area contributed by atoms with Crippen LogP contribution in [-0.2, 0) is 10.5 Å². The molecule has 2 aliphatic rings. The Morgan fingerprint density at radius 3 is 2.97 bits per heavy atom. The van der Waals surface area contributed by atoms with Crippen molar-refractivity contribution in [2.75, 3.05) is 25.5 Å². The van der Waals surface area contributed by atoms with Gasteiger partial charge >= 0.3 is 6.09 Å². The van der Waals surface area contributed by atoms with Crippen molar-refractivity contribution in [1.82, 2.24) is 20.2 Å². The summed E-state index contributed by atoms with van der Waals surface area (Å²) in [6.07, 6.45) is 1.37. The van der Waals surface area contributed by atoms with E-state index in [-0.39, 0.29) is 17.9 Å². The number of aliphatic hydroxyl groups is 1. The smallest absolute Gasteiger partial charge is 0.413 e. The molecular formula is C22H23N5O4. The molecule has 2 unspecified atom stereocenters. The van der Waals surface area contributed by atoms with Crippen LogP contribution in [0.1, 0.15) is 34.3 Å². The molecule has 2 aliphatic heterocycles. The fraction of sp³-hybridized carbons (Fsp3) is 0.318. The number of carbonyl (C=O) groups is 2. The molecule has 9 nitrogen and oxygen atoms in total. The quantitative estimate of drug-likeness (QED) is 0.512. The Balaban J connectivity index is 1.58. The van der Waals surface area contributed by atoms with Gasteiger partial charge in [-0.2, -0.15) is 0 Å². The van der Waals surface area contributed by atoms with E-state index in [4.69, 9.17) is 0 Å². The van der Waals surface area contributed by atoms with Crippen LogP contribution in [-0.4, -0.2) is 58.2 Å². The van der Waals surface area contributed by atoms with Gasteiger partial charge in [-0.25, -0.2) is 9.78 Å². The van der Waals surface area contributed by atoms with E-state index in [0.29, 0.717) is 34.3 Å². The van der Waals surface area contributed by atoms with Gasteiger partial charge < -0.3 is 25.0 Å². The number of aromatic nitrogens is 2. The molecule has 3 aromatic rings. The number of aromatic amines is 1. The predicted octanol–water partition coefficient (Wildman–Crippen LogP) is 2.14. The van der Waals surface area contributed by atoms with Crippen LogP contribution in [0.25, 0.3) is 11.0 Å². The first-order chi connectivity index (χ1) is 15.0. The minimum Gasteiger partial charge on any atom is -0.453 e. The van der Waals surface area contributed by atoms with Crippen molar-refractivity contribution in [3.05, 3.63) is 59.2 Å². The number of benzene rings is 2. The number of fused-ring (bicyclic) bond motifs is 2. The zero-order chi connectivity index (χ0) is 21.6. The number of hydrogen-bond acceptors (Lipinski definition) is 6. The number of anilines is 1. The molecule has 5 rings (SSSR count). The standard InChI is InChI=1S/C22H23N5O4/c1-31-21(29)26-20-24-17-9-8-13(11-18(17)25-20)22(30)16-7-3-2-6-15(16)19(28)27(22)12-14-5-4-10-23-14/h2-3,6-9,11,14,23,30H,4-5,10,12H2,1H3,(H2,24,25,26,29). The summed E-state index contributed by atoms with van der Waals surface area (Å²) in [5, 5.41) is 17.9. The average Bonchev–Trinajstić information content (AvgIpc) is 3.49. The zero-order valence-electron chi connectivity index (χ0n) is 17.0. The van der Waals surface area contributed by atoms with Crippen molar-refractivity contribution >= 4 is 29.0 Å². The van der Waals surface area contributed by atoms with Crippen LogP contribution in [0.5, 0.6) is 0 Å². The zero-order valence-corrected chi connectivity index (χ0v) is 17.0. The minimum absolute atomic E-state index is 0.136. The second kappa shape index (κ2) is 7.36. The lowest BCUT2D eigenvalue weighted by atomic mass is 9.93. The van der Waals surface area contributed by atoms with Gasteiger partial charge in [-0.1, -0.05) is 24.3 Å². The molecule has 4 N–H and O–H groups in total. The first-order valence-corrected chi connectivity index (χ1v) is 10.2. The van der Waals surface area contributed by atoms with Crippen molar-refractivity contribution < 1.29 is 19.4 Å². The molecule has 0 spiro atoms. The van der Waals surface area contributed by atoms with Crippen molar-refractivity contribution in [3.63, 3.8) is 0 Å². The largest absolute Gasteiger partial charge is 0.453 e. The molecule has 2 atom stereocenters. The van der Waals surface area contributed by atoms with Gasteiger partial charge in [-0.15, -0.1) is 0 Å². The van der Waals surface area contributed by atoms with Gasteiger partial charge in [-0.3, -0.25) is 10.1 Å². The molecule has 1 fully saturated rings. The molecule has 0 bridgehead atoms. The maximum Gasteiger partial charge on any atom is 0.413 e. The number of carbonyl (C=O) groups excluding carboxylic acids is 2. The van der Waals surface area contributed by atoms with Crippen molar-refractivity contribution in [3.8, 4) is 0 Å². The van der Waals surface area contributed by atoms with Crippen LogP contribution in [0.4, 0.5) is 10.7 Å². The predicted molar refractivity (Wildman–Crippen MR) is 114 cm³/mol. The molecule has 3 heterocycles. The molecule has 0 aliphatic carbocycles. The van der Waals surface area contributed by atoms with Crippen LogP contribution in [0.2, 0.25) is 0 Å². The molecule has 0 saturated carbocycles. The molecule has 9 heteroatoms. The summed E-state index contributed by atoms with van der Waals surface area (Å²) < 4.78 is 4.60. The van der Waals surface area contributed by atoms with Crippen LogP contribution < -0.4 is 10.6 Å². The number of ether oxygens (including phenoxy) is 1. The van der Waals surface area contributed by atoms with E-state index in [1.807, 2.05) is 6.07 Å². The van der Waals surface area contributed by atoms with Crippen LogP contribution in [0.3, 0.4) is 0 Å². The number of rotatable bonds is 4. The Kier molecular flexibility index (Phi) is 4.64. The van der Waals surface area contributed by atoms with Crippen LogP contribution in [0.15, 0.2) is 42.5 Å². The van der Waals surface area contributed by atoms with E-state index < -0.39 is 11.8 Å². The number of H-pyrrole nitrogens is 1. The van der Waals surface area contributed by atoms with E-state index in [9.17, 15) is 14.7 Å². The third-order valence-corrected chi connectivity index (χ3v) is 6.02. The number of methoxy groups -OCH3 is 1. The molecule has 31 heavy (non-hydrogen) atoms. The fourth-order valence-corrected chi connectivity index (χ4v) is 4.50. The first kappa shape index (κ1) is 19.5. The van der Waals surface area contributed by atoms with E-state index >= 15 is 0 Å². The Morgan fingerprint density at radius 2 is 2.19 bits per heavy atom. The number of imidazole rings is 1. The van der Waals surface area contributed by atoms with Crippen molar-refractivity contribution in [2.24, 2.45) is 0 Å². The normalized spacial score (nSPS) is 22.7. The Morgan fingerprint density at radius 1 is 1.35 bits per heavy atom. The van der Waals surface area contributed by atoms with Gasteiger partial charge in [-0.05, 0) is 37.6 Å². The minimum atomic E-state index is -1.60. The maximum atomic E-state index is 13.3. The van der Waals surface area contributed by atoms with Gasteiger partial charge in [0.1, 0.15) is 0 Å². The Bertz CT molecular complexity index is 1170. The van der Waals surface area contributed by atoms with Crippen LogP contribution >= 0.6 is 0 Å². The van der Waals surface area contributed by atoms with Crippen LogP contribution in [0, 0.1) is 0 Å². The Hall–Kier alpha value is -3.43. The summed E-state index contributed by atoms with van der Waals surface area (Å²) in [4.78, 5) is 33.6. The van der Waals surface area contributed by atoms with E-state index in [1.165, 1.54) is 7.11 Å². The van der Waals surface area contributed by atoms with Gasteiger partial charge in [0.25, 0.3) is 5.91 Å². The van der Waals surface area contributed by atoms with Crippen molar-refractivity contribution in [2.45, 2.75) is 24.6 Å². The van der Waals surface area contributed by atoms with E-state index in [0.717, 1.165) is 19.4 Å². The molecule has 160 valence electrons. The highest BCUT2D eigenvalue weighted by atomic mass is 16.5. The first-order valence-electron chi connectivity index (χ1n) is 10.2. The molecule has 2 aromatic carbocycles. The number of hydrogen-bond donors (Lipinski definition) is 4. The lowest BCUT2D eigenvalue weighted by molar-refractivity contribution is -0.0527. The third kappa shape index (κ3) is 3.13. The second-order valence-electron chi connectivity index (χ2n) is 7.86. The van der Waals surface area contributed by atoms with Gasteiger partial charge in [0.05, 0.1) is 18.1 Å².